The summed E-state index contributed by atoms with van der Waals surface area (Å²) < 4.78 is 5.70. The third kappa shape index (κ3) is 2.97. The van der Waals surface area contributed by atoms with Crippen molar-refractivity contribution in [2.75, 3.05) is 7.05 Å². The summed E-state index contributed by atoms with van der Waals surface area (Å²) in [7, 11) is 1.86. The van der Waals surface area contributed by atoms with Crippen molar-refractivity contribution >= 4 is 27.6 Å². The zero-order valence-electron chi connectivity index (χ0n) is 15.0. The van der Waals surface area contributed by atoms with Gasteiger partial charge in [-0.15, -0.1) is 0 Å². The standard InChI is InChI=1S/C23H21NO2/c1-16-7-3-4-9-18(16)14-24(2)22(25)13-19-15-26-21-12-11-17-8-5-6-10-20(17)23(19)21/h3-12,15H,13-14H2,1-2H3. The molecule has 0 N–H and O–H groups in total. The number of hydrogen-bond donors (Lipinski definition) is 0. The van der Waals surface area contributed by atoms with Crippen LogP contribution in [-0.4, -0.2) is 17.9 Å². The van der Waals surface area contributed by atoms with Gasteiger partial charge in [0.15, 0.2) is 0 Å². The number of benzene rings is 3. The van der Waals surface area contributed by atoms with E-state index >= 15 is 0 Å². The minimum atomic E-state index is 0.0869. The maximum atomic E-state index is 12.8. The smallest absolute Gasteiger partial charge is 0.227 e. The third-order valence-corrected chi connectivity index (χ3v) is 4.98. The molecule has 0 bridgehead atoms. The molecule has 1 amide bonds. The van der Waals surface area contributed by atoms with Crippen LogP contribution in [0.15, 0.2) is 71.3 Å². The molecule has 0 aliphatic rings. The minimum absolute atomic E-state index is 0.0869. The highest BCUT2D eigenvalue weighted by Gasteiger charge is 2.16. The Labute approximate surface area is 152 Å². The van der Waals surface area contributed by atoms with Gasteiger partial charge in [0.05, 0.1) is 12.7 Å². The number of hydrogen-bond acceptors (Lipinski definition) is 2. The Hall–Kier alpha value is -3.07. The van der Waals surface area contributed by atoms with Gasteiger partial charge in [0.1, 0.15) is 5.58 Å². The SMILES string of the molecule is Cc1ccccc1CN(C)C(=O)Cc1coc2ccc3ccccc3c12. The first-order chi connectivity index (χ1) is 12.6. The molecule has 0 aliphatic carbocycles. The molecule has 0 aliphatic heterocycles. The molecule has 4 rings (SSSR count). The molecule has 0 saturated carbocycles. The van der Waals surface area contributed by atoms with Crippen molar-refractivity contribution in [3.05, 3.63) is 83.6 Å². The van der Waals surface area contributed by atoms with Crippen LogP contribution < -0.4 is 0 Å². The summed E-state index contributed by atoms with van der Waals surface area (Å²) >= 11 is 0. The quantitative estimate of drug-likeness (QED) is 0.517. The van der Waals surface area contributed by atoms with E-state index in [-0.39, 0.29) is 5.91 Å². The van der Waals surface area contributed by atoms with Crippen molar-refractivity contribution in [2.45, 2.75) is 19.9 Å². The maximum absolute atomic E-state index is 12.8. The zero-order chi connectivity index (χ0) is 18.1. The highest BCUT2D eigenvalue weighted by molar-refractivity contribution is 6.08. The topological polar surface area (TPSA) is 33.5 Å². The number of carbonyl (C=O) groups is 1. The van der Waals surface area contributed by atoms with Crippen molar-refractivity contribution in [1.29, 1.82) is 0 Å². The molecule has 26 heavy (non-hydrogen) atoms. The summed E-state index contributed by atoms with van der Waals surface area (Å²) in [5, 5.41) is 3.33. The Kier molecular flexibility index (Phi) is 4.21. The number of carbonyl (C=O) groups excluding carboxylic acids is 1. The number of rotatable bonds is 4. The second-order valence-electron chi connectivity index (χ2n) is 6.77. The number of fused-ring (bicyclic) bond motifs is 3. The molecule has 3 aromatic carbocycles. The van der Waals surface area contributed by atoms with Crippen molar-refractivity contribution in [3.8, 4) is 0 Å². The van der Waals surface area contributed by atoms with Crippen molar-refractivity contribution in [1.82, 2.24) is 4.90 Å². The molecule has 0 saturated heterocycles. The van der Waals surface area contributed by atoms with E-state index in [1.165, 1.54) is 11.1 Å². The highest BCUT2D eigenvalue weighted by atomic mass is 16.3. The fourth-order valence-corrected chi connectivity index (χ4v) is 3.43. The van der Waals surface area contributed by atoms with Gasteiger partial charge < -0.3 is 9.32 Å². The van der Waals surface area contributed by atoms with Gasteiger partial charge in [-0.3, -0.25) is 4.79 Å². The van der Waals surface area contributed by atoms with E-state index in [9.17, 15) is 4.79 Å². The molecule has 4 aromatic rings. The molecular formula is C23H21NO2. The second-order valence-corrected chi connectivity index (χ2v) is 6.77. The van der Waals surface area contributed by atoms with Gasteiger partial charge in [0.2, 0.25) is 5.91 Å². The molecule has 0 radical (unpaired) electrons. The number of furan rings is 1. The van der Waals surface area contributed by atoms with Gasteiger partial charge in [0.25, 0.3) is 0 Å². The summed E-state index contributed by atoms with van der Waals surface area (Å²) in [4.78, 5) is 14.6. The van der Waals surface area contributed by atoms with Crippen LogP contribution in [0.2, 0.25) is 0 Å². The Balaban J connectivity index is 1.62. The molecule has 0 atom stereocenters. The fourth-order valence-electron chi connectivity index (χ4n) is 3.43. The number of likely N-dealkylation sites (N-methyl/N-ethyl adjacent to an activating group) is 1. The Morgan fingerprint density at radius 2 is 1.73 bits per heavy atom. The highest BCUT2D eigenvalue weighted by Crippen LogP contribution is 2.30. The molecule has 3 nitrogen and oxygen atoms in total. The predicted octanol–water partition coefficient (Wildman–Crippen LogP) is 5.10. The minimum Gasteiger partial charge on any atom is -0.464 e. The monoisotopic (exact) mass is 343 g/mol. The summed E-state index contributed by atoms with van der Waals surface area (Å²) in [6.45, 7) is 2.69. The van der Waals surface area contributed by atoms with Crippen LogP contribution >= 0.6 is 0 Å². The van der Waals surface area contributed by atoms with Crippen molar-refractivity contribution < 1.29 is 9.21 Å². The first-order valence-electron chi connectivity index (χ1n) is 8.80. The van der Waals surface area contributed by atoms with Gasteiger partial charge in [-0.05, 0) is 34.9 Å². The lowest BCUT2D eigenvalue weighted by atomic mass is 10.0. The summed E-state index contributed by atoms with van der Waals surface area (Å²) in [6.07, 6.45) is 2.06. The van der Waals surface area contributed by atoms with Crippen LogP contribution in [0.1, 0.15) is 16.7 Å². The van der Waals surface area contributed by atoms with Gasteiger partial charge in [0, 0.05) is 24.5 Å². The molecule has 130 valence electrons. The third-order valence-electron chi connectivity index (χ3n) is 4.98. The molecular weight excluding hydrogens is 322 g/mol. The molecule has 1 heterocycles. The van der Waals surface area contributed by atoms with Gasteiger partial charge in [-0.25, -0.2) is 0 Å². The second kappa shape index (κ2) is 6.68. The van der Waals surface area contributed by atoms with Gasteiger partial charge in [-0.2, -0.15) is 0 Å². The lowest BCUT2D eigenvalue weighted by molar-refractivity contribution is -0.129. The van der Waals surface area contributed by atoms with Gasteiger partial charge >= 0.3 is 0 Å². The Bertz CT molecular complexity index is 1090. The predicted molar refractivity (Wildman–Crippen MR) is 105 cm³/mol. The average Bonchev–Trinajstić information content (AvgIpc) is 3.07. The first-order valence-corrected chi connectivity index (χ1v) is 8.80. The zero-order valence-corrected chi connectivity index (χ0v) is 15.0. The van der Waals surface area contributed by atoms with Gasteiger partial charge in [-0.1, -0.05) is 54.6 Å². The fraction of sp³-hybridized carbons (Fsp3) is 0.174. The number of nitrogens with zero attached hydrogens (tertiary/aromatic N) is 1. The normalized spacial score (nSPS) is 11.2. The summed E-state index contributed by atoms with van der Waals surface area (Å²) in [5.74, 6) is 0.0869. The molecule has 3 heteroatoms. The van der Waals surface area contributed by atoms with E-state index in [1.54, 1.807) is 11.2 Å². The molecule has 0 spiro atoms. The van der Waals surface area contributed by atoms with E-state index in [0.29, 0.717) is 13.0 Å². The van der Waals surface area contributed by atoms with Crippen LogP contribution in [0.4, 0.5) is 0 Å². The molecule has 0 fully saturated rings. The number of amides is 1. The molecule has 0 unspecified atom stereocenters. The van der Waals surface area contributed by atoms with E-state index in [0.717, 1.165) is 27.3 Å². The van der Waals surface area contributed by atoms with E-state index in [2.05, 4.69) is 37.3 Å². The van der Waals surface area contributed by atoms with E-state index in [1.807, 2.05) is 37.4 Å². The van der Waals surface area contributed by atoms with Crippen LogP contribution in [0.3, 0.4) is 0 Å². The van der Waals surface area contributed by atoms with Crippen LogP contribution in [0.5, 0.6) is 0 Å². The summed E-state index contributed by atoms with van der Waals surface area (Å²) in [5.41, 5.74) is 4.14. The van der Waals surface area contributed by atoms with Crippen LogP contribution in [-0.2, 0) is 17.8 Å². The van der Waals surface area contributed by atoms with Crippen LogP contribution in [0, 0.1) is 6.92 Å². The largest absolute Gasteiger partial charge is 0.464 e. The van der Waals surface area contributed by atoms with E-state index < -0.39 is 0 Å². The number of aryl methyl sites for hydroxylation is 1. The van der Waals surface area contributed by atoms with Crippen molar-refractivity contribution in [2.24, 2.45) is 0 Å². The van der Waals surface area contributed by atoms with Crippen molar-refractivity contribution in [3.63, 3.8) is 0 Å². The maximum Gasteiger partial charge on any atom is 0.227 e. The summed E-state index contributed by atoms with van der Waals surface area (Å²) in [6, 6.07) is 20.4. The Morgan fingerprint density at radius 1 is 0.962 bits per heavy atom. The van der Waals surface area contributed by atoms with E-state index in [4.69, 9.17) is 4.42 Å². The van der Waals surface area contributed by atoms with Crippen LogP contribution in [0.25, 0.3) is 21.7 Å². The lowest BCUT2D eigenvalue weighted by Crippen LogP contribution is -2.27. The first kappa shape index (κ1) is 16.4. The Morgan fingerprint density at radius 3 is 2.58 bits per heavy atom. The molecule has 1 aromatic heterocycles. The average molecular weight is 343 g/mol. The lowest BCUT2D eigenvalue weighted by Gasteiger charge is -2.18.